The van der Waals surface area contributed by atoms with E-state index in [9.17, 15) is 14.4 Å². The Morgan fingerprint density at radius 3 is 2.31 bits per heavy atom. The number of likely N-dealkylation sites (tertiary alicyclic amines) is 1. The minimum absolute atomic E-state index is 0.0138. The fourth-order valence-electron chi connectivity index (χ4n) is 4.02. The molecule has 1 aromatic carbocycles. The average molecular weight is 401 g/mol. The quantitative estimate of drug-likeness (QED) is 0.818. The zero-order valence-corrected chi connectivity index (χ0v) is 17.6. The van der Waals surface area contributed by atoms with Crippen molar-refractivity contribution in [3.8, 4) is 0 Å². The lowest BCUT2D eigenvalue weighted by Crippen LogP contribution is -2.53. The molecule has 1 N–H and O–H groups in total. The average Bonchev–Trinajstić information content (AvgIpc) is 2.90. The molecule has 2 heterocycles. The topological polar surface area (TPSA) is 73.0 Å². The predicted octanol–water partition coefficient (Wildman–Crippen LogP) is 1.79. The lowest BCUT2D eigenvalue weighted by Gasteiger charge is -2.35. The second-order valence-electron chi connectivity index (χ2n) is 8.10. The highest BCUT2D eigenvalue weighted by Gasteiger charge is 2.26. The van der Waals surface area contributed by atoms with Gasteiger partial charge in [-0.3, -0.25) is 19.3 Å². The van der Waals surface area contributed by atoms with Crippen molar-refractivity contribution in [3.63, 3.8) is 0 Å². The first-order chi connectivity index (χ1) is 13.9. The van der Waals surface area contributed by atoms with Gasteiger partial charge in [-0.25, -0.2) is 0 Å². The molecule has 0 saturated carbocycles. The molecule has 0 bridgehead atoms. The lowest BCUT2D eigenvalue weighted by molar-refractivity contribution is -0.141. The Labute approximate surface area is 173 Å². The fraction of sp³-hybridized carbons (Fsp3) is 0.591. The Hall–Kier alpha value is -2.41. The van der Waals surface area contributed by atoms with Crippen molar-refractivity contribution in [2.24, 2.45) is 0 Å². The van der Waals surface area contributed by atoms with Crippen molar-refractivity contribution < 1.29 is 14.4 Å². The Morgan fingerprint density at radius 1 is 0.931 bits per heavy atom. The number of piperazine rings is 1. The highest BCUT2D eigenvalue weighted by molar-refractivity contribution is 5.93. The van der Waals surface area contributed by atoms with Crippen LogP contribution in [0.4, 0.5) is 5.69 Å². The molecule has 2 aliphatic heterocycles. The van der Waals surface area contributed by atoms with Gasteiger partial charge in [0.25, 0.3) is 0 Å². The Bertz CT molecular complexity index is 736. The van der Waals surface area contributed by atoms with Gasteiger partial charge in [0.15, 0.2) is 0 Å². The van der Waals surface area contributed by atoms with Crippen molar-refractivity contribution in [1.29, 1.82) is 0 Å². The standard InChI is InChI=1S/C22H32N4O3/c1-17-7-6-8-18(2)22(17)23-19(27)15-24-11-13-25(14-12-24)21(29)16-26-10-5-3-4-9-20(26)28/h6-8H,3-5,9-16H2,1-2H3,(H,23,27). The number of nitrogens with one attached hydrogen (secondary N) is 1. The van der Waals surface area contributed by atoms with Gasteiger partial charge in [-0.2, -0.15) is 0 Å². The van der Waals surface area contributed by atoms with E-state index in [2.05, 4.69) is 10.2 Å². The number of carbonyl (C=O) groups is 3. The summed E-state index contributed by atoms with van der Waals surface area (Å²) in [6.45, 7) is 7.69. The lowest BCUT2D eigenvalue weighted by atomic mass is 10.1. The molecule has 0 spiro atoms. The van der Waals surface area contributed by atoms with Gasteiger partial charge in [-0.05, 0) is 37.8 Å². The summed E-state index contributed by atoms with van der Waals surface area (Å²) in [6, 6.07) is 5.96. The number of anilines is 1. The van der Waals surface area contributed by atoms with Gasteiger partial charge in [0.05, 0.1) is 13.1 Å². The SMILES string of the molecule is Cc1cccc(C)c1NC(=O)CN1CCN(C(=O)CN2CCCCCC2=O)CC1. The Morgan fingerprint density at radius 2 is 1.62 bits per heavy atom. The molecule has 2 saturated heterocycles. The van der Waals surface area contributed by atoms with E-state index < -0.39 is 0 Å². The molecule has 3 rings (SSSR count). The molecule has 7 heteroatoms. The van der Waals surface area contributed by atoms with Gasteiger partial charge in [0, 0.05) is 44.8 Å². The smallest absolute Gasteiger partial charge is 0.242 e. The number of hydrogen-bond acceptors (Lipinski definition) is 4. The van der Waals surface area contributed by atoms with Crippen LogP contribution in [0.3, 0.4) is 0 Å². The summed E-state index contributed by atoms with van der Waals surface area (Å²) in [4.78, 5) is 42.8. The molecule has 0 unspecified atom stereocenters. The van der Waals surface area contributed by atoms with Gasteiger partial charge < -0.3 is 15.1 Å². The number of hydrogen-bond donors (Lipinski definition) is 1. The monoisotopic (exact) mass is 400 g/mol. The van der Waals surface area contributed by atoms with E-state index in [1.165, 1.54) is 0 Å². The molecular formula is C22H32N4O3. The zero-order valence-electron chi connectivity index (χ0n) is 17.6. The second-order valence-corrected chi connectivity index (χ2v) is 8.10. The number of aryl methyl sites for hydroxylation is 2. The van der Waals surface area contributed by atoms with E-state index in [0.717, 1.165) is 36.1 Å². The van der Waals surface area contributed by atoms with Crippen LogP contribution >= 0.6 is 0 Å². The van der Waals surface area contributed by atoms with Gasteiger partial charge in [-0.15, -0.1) is 0 Å². The minimum Gasteiger partial charge on any atom is -0.339 e. The first kappa shape index (κ1) is 21.3. The summed E-state index contributed by atoms with van der Waals surface area (Å²) in [5, 5.41) is 3.02. The maximum Gasteiger partial charge on any atom is 0.242 e. The third-order valence-electron chi connectivity index (χ3n) is 5.84. The van der Waals surface area contributed by atoms with E-state index >= 15 is 0 Å². The molecule has 29 heavy (non-hydrogen) atoms. The van der Waals surface area contributed by atoms with Crippen LogP contribution in [-0.2, 0) is 14.4 Å². The largest absolute Gasteiger partial charge is 0.339 e. The molecule has 1 aromatic rings. The van der Waals surface area contributed by atoms with Crippen LogP contribution in [0.15, 0.2) is 18.2 Å². The summed E-state index contributed by atoms with van der Waals surface area (Å²) in [5.41, 5.74) is 2.99. The second kappa shape index (κ2) is 9.87. The summed E-state index contributed by atoms with van der Waals surface area (Å²) < 4.78 is 0. The Kier molecular flexibility index (Phi) is 7.25. The van der Waals surface area contributed by atoms with Gasteiger partial charge in [0.1, 0.15) is 0 Å². The van der Waals surface area contributed by atoms with Crippen LogP contribution in [0, 0.1) is 13.8 Å². The van der Waals surface area contributed by atoms with Crippen LogP contribution in [0.2, 0.25) is 0 Å². The number of para-hydroxylation sites is 1. The Balaban J connectivity index is 1.44. The number of benzene rings is 1. The molecule has 158 valence electrons. The normalized spacial score (nSPS) is 18.5. The van der Waals surface area contributed by atoms with Crippen molar-refractivity contribution in [3.05, 3.63) is 29.3 Å². The number of carbonyl (C=O) groups excluding carboxylic acids is 3. The van der Waals surface area contributed by atoms with E-state index in [1.54, 1.807) is 4.90 Å². The zero-order chi connectivity index (χ0) is 20.8. The van der Waals surface area contributed by atoms with Crippen LogP contribution in [0.25, 0.3) is 0 Å². The van der Waals surface area contributed by atoms with E-state index in [1.807, 2.05) is 36.9 Å². The molecule has 0 atom stereocenters. The summed E-state index contributed by atoms with van der Waals surface area (Å²) in [5.74, 6) is 0.0786. The fourth-order valence-corrected chi connectivity index (χ4v) is 4.02. The first-order valence-corrected chi connectivity index (χ1v) is 10.6. The molecule has 0 radical (unpaired) electrons. The molecule has 0 aliphatic carbocycles. The van der Waals surface area contributed by atoms with Crippen molar-refractivity contribution in [1.82, 2.24) is 14.7 Å². The van der Waals surface area contributed by atoms with Gasteiger partial charge >= 0.3 is 0 Å². The van der Waals surface area contributed by atoms with E-state index in [4.69, 9.17) is 0 Å². The van der Waals surface area contributed by atoms with E-state index in [0.29, 0.717) is 45.7 Å². The highest BCUT2D eigenvalue weighted by atomic mass is 16.2. The van der Waals surface area contributed by atoms with Crippen LogP contribution in [0.5, 0.6) is 0 Å². The van der Waals surface area contributed by atoms with Crippen LogP contribution in [0.1, 0.15) is 36.8 Å². The summed E-state index contributed by atoms with van der Waals surface area (Å²) in [7, 11) is 0. The van der Waals surface area contributed by atoms with E-state index in [-0.39, 0.29) is 24.3 Å². The number of rotatable bonds is 5. The van der Waals surface area contributed by atoms with Crippen LogP contribution in [-0.4, -0.2) is 78.2 Å². The summed E-state index contributed by atoms with van der Waals surface area (Å²) >= 11 is 0. The number of amides is 3. The third-order valence-corrected chi connectivity index (χ3v) is 5.84. The molecule has 2 fully saturated rings. The minimum atomic E-state index is -0.0302. The van der Waals surface area contributed by atoms with Crippen molar-refractivity contribution >= 4 is 23.4 Å². The third kappa shape index (κ3) is 5.79. The maximum atomic E-state index is 12.6. The number of nitrogens with zero attached hydrogens (tertiary/aromatic N) is 3. The molecule has 0 aromatic heterocycles. The van der Waals surface area contributed by atoms with Crippen LogP contribution < -0.4 is 5.32 Å². The molecule has 7 nitrogen and oxygen atoms in total. The maximum absolute atomic E-state index is 12.6. The highest BCUT2D eigenvalue weighted by Crippen LogP contribution is 2.19. The van der Waals surface area contributed by atoms with Gasteiger partial charge in [-0.1, -0.05) is 24.6 Å². The van der Waals surface area contributed by atoms with Gasteiger partial charge in [0.2, 0.25) is 17.7 Å². The molecule has 2 aliphatic rings. The van der Waals surface area contributed by atoms with Crippen molar-refractivity contribution in [2.45, 2.75) is 39.5 Å². The summed E-state index contributed by atoms with van der Waals surface area (Å²) in [6.07, 6.45) is 3.50. The molecule has 3 amide bonds. The molecular weight excluding hydrogens is 368 g/mol. The predicted molar refractivity (Wildman–Crippen MR) is 113 cm³/mol. The van der Waals surface area contributed by atoms with Crippen molar-refractivity contribution in [2.75, 3.05) is 51.1 Å². The first-order valence-electron chi connectivity index (χ1n) is 10.6.